The second-order valence-corrected chi connectivity index (χ2v) is 6.76. The zero-order valence-corrected chi connectivity index (χ0v) is 16.0. The van der Waals surface area contributed by atoms with Crippen molar-refractivity contribution in [3.63, 3.8) is 0 Å². The zero-order valence-electron chi connectivity index (χ0n) is 14.4. The number of nitrogens with one attached hydrogen (secondary N) is 1. The van der Waals surface area contributed by atoms with Gasteiger partial charge in [-0.2, -0.15) is 0 Å². The number of aromatic nitrogens is 5. The van der Waals surface area contributed by atoms with Crippen LogP contribution in [0.2, 0.25) is 5.02 Å². The predicted molar refractivity (Wildman–Crippen MR) is 105 cm³/mol. The van der Waals surface area contributed by atoms with E-state index in [0.29, 0.717) is 6.04 Å². The Hall–Kier alpha value is -1.89. The maximum absolute atomic E-state index is 6.25. The molecule has 0 bridgehead atoms. The lowest BCUT2D eigenvalue weighted by Crippen LogP contribution is -2.29. The summed E-state index contributed by atoms with van der Waals surface area (Å²) in [5, 5.41) is 12.9. The molecule has 0 radical (unpaired) electrons. The SMILES string of the molecule is Cl.Clc1ccccc1CCn1ccnc1-c1cn(C2CCNCC2)nn1. The van der Waals surface area contributed by atoms with Crippen LogP contribution in [0.3, 0.4) is 0 Å². The Balaban J connectivity index is 0.00000196. The third kappa shape index (κ3) is 4.09. The first-order valence-corrected chi connectivity index (χ1v) is 9.06. The Labute approximate surface area is 164 Å². The lowest BCUT2D eigenvalue weighted by Gasteiger charge is -2.22. The standard InChI is InChI=1S/C18H21ClN6.ClH/c19-16-4-2-1-3-14(16)7-11-24-12-10-21-18(24)17-13-25(23-22-17)15-5-8-20-9-6-15;/h1-4,10,12-13,15,20H,5-9,11H2;1H. The van der Waals surface area contributed by atoms with E-state index in [-0.39, 0.29) is 12.4 Å². The molecule has 1 saturated heterocycles. The molecule has 6 nitrogen and oxygen atoms in total. The van der Waals surface area contributed by atoms with Crippen LogP contribution in [0.1, 0.15) is 24.4 Å². The van der Waals surface area contributed by atoms with Gasteiger partial charge in [-0.1, -0.05) is 35.0 Å². The molecule has 3 aromatic rings. The topological polar surface area (TPSA) is 60.6 Å². The Morgan fingerprint density at radius 1 is 1.19 bits per heavy atom. The number of rotatable bonds is 5. The molecular weight excluding hydrogens is 371 g/mol. The summed E-state index contributed by atoms with van der Waals surface area (Å²) in [7, 11) is 0. The van der Waals surface area contributed by atoms with Crippen LogP contribution in [0.4, 0.5) is 0 Å². The minimum atomic E-state index is 0. The van der Waals surface area contributed by atoms with Crippen LogP contribution >= 0.6 is 24.0 Å². The Kier molecular flexibility index (Phi) is 6.29. The number of hydrogen-bond donors (Lipinski definition) is 1. The smallest absolute Gasteiger partial charge is 0.162 e. The summed E-state index contributed by atoms with van der Waals surface area (Å²) in [4.78, 5) is 4.48. The predicted octanol–water partition coefficient (Wildman–Crippen LogP) is 3.38. The quantitative estimate of drug-likeness (QED) is 0.722. The maximum Gasteiger partial charge on any atom is 0.162 e. The van der Waals surface area contributed by atoms with E-state index in [9.17, 15) is 0 Å². The average Bonchev–Trinajstić information content (AvgIpc) is 3.31. The van der Waals surface area contributed by atoms with E-state index < -0.39 is 0 Å². The molecule has 8 heteroatoms. The zero-order chi connectivity index (χ0) is 17.1. The average molecular weight is 393 g/mol. The number of piperidine rings is 1. The number of hydrogen-bond acceptors (Lipinski definition) is 4. The molecule has 138 valence electrons. The molecule has 0 unspecified atom stereocenters. The number of aryl methyl sites for hydroxylation is 2. The van der Waals surface area contributed by atoms with Gasteiger partial charge >= 0.3 is 0 Å². The number of imidazole rings is 1. The van der Waals surface area contributed by atoms with Crippen molar-refractivity contribution in [1.29, 1.82) is 0 Å². The summed E-state index contributed by atoms with van der Waals surface area (Å²) in [6.07, 6.45) is 8.84. The summed E-state index contributed by atoms with van der Waals surface area (Å²) in [5.41, 5.74) is 1.96. The molecule has 1 aromatic carbocycles. The number of nitrogens with zero attached hydrogens (tertiary/aromatic N) is 5. The van der Waals surface area contributed by atoms with E-state index in [4.69, 9.17) is 11.6 Å². The van der Waals surface area contributed by atoms with E-state index >= 15 is 0 Å². The molecule has 0 amide bonds. The molecule has 0 atom stereocenters. The summed E-state index contributed by atoms with van der Waals surface area (Å²) < 4.78 is 4.10. The van der Waals surface area contributed by atoms with E-state index in [1.807, 2.05) is 41.5 Å². The van der Waals surface area contributed by atoms with Gasteiger partial charge in [0.05, 0.1) is 12.2 Å². The summed E-state index contributed by atoms with van der Waals surface area (Å²) in [6.45, 7) is 2.87. The van der Waals surface area contributed by atoms with Crippen molar-refractivity contribution in [3.05, 3.63) is 53.4 Å². The van der Waals surface area contributed by atoms with E-state index in [2.05, 4.69) is 31.2 Å². The van der Waals surface area contributed by atoms with Crippen molar-refractivity contribution in [3.8, 4) is 11.5 Å². The van der Waals surface area contributed by atoms with Crippen LogP contribution in [-0.4, -0.2) is 37.6 Å². The molecule has 0 spiro atoms. The highest BCUT2D eigenvalue weighted by Crippen LogP contribution is 2.22. The summed E-state index contributed by atoms with van der Waals surface area (Å²) in [5.74, 6) is 0.854. The van der Waals surface area contributed by atoms with Crippen molar-refractivity contribution in [2.24, 2.45) is 0 Å². The molecule has 0 saturated carbocycles. The molecule has 1 N–H and O–H groups in total. The normalized spacial score (nSPS) is 15.0. The van der Waals surface area contributed by atoms with Gasteiger partial charge in [0, 0.05) is 24.0 Å². The van der Waals surface area contributed by atoms with Gasteiger partial charge in [-0.15, -0.1) is 17.5 Å². The molecule has 0 aliphatic carbocycles. The second kappa shape index (κ2) is 8.66. The molecule has 2 aromatic heterocycles. The largest absolute Gasteiger partial charge is 0.329 e. The van der Waals surface area contributed by atoms with Crippen molar-refractivity contribution in [2.45, 2.75) is 31.8 Å². The Morgan fingerprint density at radius 2 is 2.00 bits per heavy atom. The fourth-order valence-electron chi connectivity index (χ4n) is 3.29. The minimum absolute atomic E-state index is 0. The van der Waals surface area contributed by atoms with Gasteiger partial charge in [-0.05, 0) is 44.0 Å². The van der Waals surface area contributed by atoms with Crippen molar-refractivity contribution < 1.29 is 0 Å². The van der Waals surface area contributed by atoms with E-state index in [1.165, 1.54) is 0 Å². The highest BCUT2D eigenvalue weighted by molar-refractivity contribution is 6.31. The van der Waals surface area contributed by atoms with Gasteiger partial charge in [0.1, 0.15) is 5.69 Å². The van der Waals surface area contributed by atoms with Gasteiger partial charge in [-0.25, -0.2) is 9.67 Å². The van der Waals surface area contributed by atoms with Gasteiger partial charge in [-0.3, -0.25) is 0 Å². The molecule has 3 heterocycles. The molecule has 1 aliphatic heterocycles. The van der Waals surface area contributed by atoms with Crippen LogP contribution < -0.4 is 5.32 Å². The third-order valence-corrected chi connectivity index (χ3v) is 5.09. The highest BCUT2D eigenvalue weighted by atomic mass is 35.5. The van der Waals surface area contributed by atoms with Crippen molar-refractivity contribution >= 4 is 24.0 Å². The second-order valence-electron chi connectivity index (χ2n) is 6.35. The number of halogens is 2. The van der Waals surface area contributed by atoms with Gasteiger partial charge in [0.15, 0.2) is 5.82 Å². The maximum atomic E-state index is 6.25. The highest BCUT2D eigenvalue weighted by Gasteiger charge is 2.18. The first kappa shape index (κ1) is 18.9. The first-order valence-electron chi connectivity index (χ1n) is 8.69. The lowest BCUT2D eigenvalue weighted by atomic mass is 10.1. The molecule has 4 rings (SSSR count). The fraction of sp³-hybridized carbons (Fsp3) is 0.389. The van der Waals surface area contributed by atoms with E-state index in [1.54, 1.807) is 0 Å². The van der Waals surface area contributed by atoms with Crippen molar-refractivity contribution in [1.82, 2.24) is 29.9 Å². The van der Waals surface area contributed by atoms with Crippen LogP contribution in [0, 0.1) is 0 Å². The Morgan fingerprint density at radius 3 is 2.81 bits per heavy atom. The molecule has 1 aliphatic rings. The van der Waals surface area contributed by atoms with Gasteiger partial charge in [0.2, 0.25) is 0 Å². The van der Waals surface area contributed by atoms with Gasteiger partial charge < -0.3 is 9.88 Å². The summed E-state index contributed by atoms with van der Waals surface area (Å²) in [6, 6.07) is 8.38. The van der Waals surface area contributed by atoms with Crippen LogP contribution in [0.15, 0.2) is 42.9 Å². The fourth-order valence-corrected chi connectivity index (χ4v) is 3.52. The number of benzene rings is 1. The molecule has 1 fully saturated rings. The third-order valence-electron chi connectivity index (χ3n) is 4.72. The lowest BCUT2D eigenvalue weighted by molar-refractivity contribution is 0.337. The first-order chi connectivity index (χ1) is 12.3. The van der Waals surface area contributed by atoms with Crippen LogP contribution in [-0.2, 0) is 13.0 Å². The molecular formula is C18H22Cl2N6. The minimum Gasteiger partial charge on any atom is -0.329 e. The monoisotopic (exact) mass is 392 g/mol. The Bertz CT molecular complexity index is 838. The molecule has 26 heavy (non-hydrogen) atoms. The van der Waals surface area contributed by atoms with Crippen LogP contribution in [0.5, 0.6) is 0 Å². The van der Waals surface area contributed by atoms with Gasteiger partial charge in [0.25, 0.3) is 0 Å². The summed E-state index contributed by atoms with van der Waals surface area (Å²) >= 11 is 6.25. The van der Waals surface area contributed by atoms with Crippen molar-refractivity contribution in [2.75, 3.05) is 13.1 Å². The van der Waals surface area contributed by atoms with E-state index in [0.717, 1.165) is 61.0 Å². The van der Waals surface area contributed by atoms with Crippen LogP contribution in [0.25, 0.3) is 11.5 Å².